The number of phenols is 1. The van der Waals surface area contributed by atoms with E-state index >= 15 is 0 Å². The predicted octanol–water partition coefficient (Wildman–Crippen LogP) is 0.934. The van der Waals surface area contributed by atoms with Crippen molar-refractivity contribution in [3.8, 4) is 5.75 Å². The van der Waals surface area contributed by atoms with Crippen molar-refractivity contribution < 1.29 is 19.4 Å². The maximum Gasteiger partial charge on any atom is 0.313 e. The zero-order valence-electron chi connectivity index (χ0n) is 11.3. The lowest BCUT2D eigenvalue weighted by Crippen LogP contribution is -2.39. The van der Waals surface area contributed by atoms with Crippen molar-refractivity contribution in [3.63, 3.8) is 0 Å². The summed E-state index contributed by atoms with van der Waals surface area (Å²) in [4.78, 5) is 23.3. The summed E-state index contributed by atoms with van der Waals surface area (Å²) in [6.45, 7) is 2.84. The molecule has 20 heavy (non-hydrogen) atoms. The highest BCUT2D eigenvalue weighted by molar-refractivity contribution is 6.39. The molecule has 0 saturated carbocycles. The Morgan fingerprint density at radius 1 is 1.40 bits per heavy atom. The molecule has 108 valence electrons. The van der Waals surface area contributed by atoms with E-state index in [1.807, 2.05) is 6.92 Å². The standard InChI is InChI=1S/C14H18N2O4/c1-9-4-5-11(12(17)7-9)16-14(19)13(18)15-8-10-3-2-6-20-10/h4-5,7,10,17H,2-3,6,8H2,1H3,(H,15,18)(H,16,19). The molecule has 0 aromatic heterocycles. The van der Waals surface area contributed by atoms with E-state index in [1.165, 1.54) is 6.07 Å². The molecule has 2 amide bonds. The first-order chi connectivity index (χ1) is 9.56. The molecule has 1 aliphatic rings. The molecule has 0 spiro atoms. The Bertz CT molecular complexity index is 510. The maximum absolute atomic E-state index is 11.7. The summed E-state index contributed by atoms with van der Waals surface area (Å²) in [6.07, 6.45) is 1.85. The number of amides is 2. The number of anilines is 1. The van der Waals surface area contributed by atoms with Gasteiger partial charge in [-0.15, -0.1) is 0 Å². The number of carbonyl (C=O) groups excluding carboxylic acids is 2. The second-order valence-corrected chi connectivity index (χ2v) is 4.82. The number of nitrogens with one attached hydrogen (secondary N) is 2. The molecule has 1 saturated heterocycles. The monoisotopic (exact) mass is 278 g/mol. The minimum atomic E-state index is -0.804. The molecule has 6 heteroatoms. The molecule has 0 aliphatic carbocycles. The zero-order valence-corrected chi connectivity index (χ0v) is 11.3. The van der Waals surface area contributed by atoms with Gasteiger partial charge in [-0.25, -0.2) is 0 Å². The van der Waals surface area contributed by atoms with Crippen molar-refractivity contribution in [1.82, 2.24) is 5.32 Å². The van der Waals surface area contributed by atoms with Gasteiger partial charge in [0.25, 0.3) is 0 Å². The fourth-order valence-electron chi connectivity index (χ4n) is 2.02. The second-order valence-electron chi connectivity index (χ2n) is 4.82. The molecule has 0 radical (unpaired) electrons. The van der Waals surface area contributed by atoms with Crippen molar-refractivity contribution in [3.05, 3.63) is 23.8 Å². The van der Waals surface area contributed by atoms with Gasteiger partial charge in [-0.1, -0.05) is 6.07 Å². The van der Waals surface area contributed by atoms with Crippen LogP contribution in [0.3, 0.4) is 0 Å². The molecule has 2 rings (SSSR count). The Balaban J connectivity index is 1.85. The van der Waals surface area contributed by atoms with Gasteiger partial charge in [0, 0.05) is 13.2 Å². The molecule has 1 aromatic carbocycles. The smallest absolute Gasteiger partial charge is 0.313 e. The van der Waals surface area contributed by atoms with Crippen LogP contribution in [0.15, 0.2) is 18.2 Å². The molecule has 1 heterocycles. The molecule has 6 nitrogen and oxygen atoms in total. The predicted molar refractivity (Wildman–Crippen MR) is 73.5 cm³/mol. The minimum absolute atomic E-state index is 0.0143. The molecule has 3 N–H and O–H groups in total. The lowest BCUT2D eigenvalue weighted by molar-refractivity contribution is -0.136. The highest BCUT2D eigenvalue weighted by Gasteiger charge is 2.19. The summed E-state index contributed by atoms with van der Waals surface area (Å²) < 4.78 is 5.35. The van der Waals surface area contributed by atoms with Crippen LogP contribution in [0.1, 0.15) is 18.4 Å². The molecule has 1 unspecified atom stereocenters. The van der Waals surface area contributed by atoms with E-state index < -0.39 is 11.8 Å². The molecular weight excluding hydrogens is 260 g/mol. The van der Waals surface area contributed by atoms with Crippen LogP contribution < -0.4 is 10.6 Å². The van der Waals surface area contributed by atoms with E-state index in [0.29, 0.717) is 13.2 Å². The lowest BCUT2D eigenvalue weighted by atomic mass is 10.2. The Kier molecular flexibility index (Phi) is 4.57. The number of rotatable bonds is 3. The Hall–Kier alpha value is -2.08. The quantitative estimate of drug-likeness (QED) is 0.567. The van der Waals surface area contributed by atoms with Crippen molar-refractivity contribution in [2.75, 3.05) is 18.5 Å². The second kappa shape index (κ2) is 6.38. The molecule has 1 atom stereocenters. The average Bonchev–Trinajstić information content (AvgIpc) is 2.92. The first kappa shape index (κ1) is 14.3. The third-order valence-corrected chi connectivity index (χ3v) is 3.12. The van der Waals surface area contributed by atoms with E-state index in [4.69, 9.17) is 4.74 Å². The average molecular weight is 278 g/mol. The van der Waals surface area contributed by atoms with E-state index in [-0.39, 0.29) is 17.5 Å². The highest BCUT2D eigenvalue weighted by atomic mass is 16.5. The Labute approximate surface area is 117 Å². The number of phenolic OH excluding ortho intramolecular Hbond substituents is 1. The van der Waals surface area contributed by atoms with Gasteiger partial charge in [0.2, 0.25) is 0 Å². The largest absolute Gasteiger partial charge is 0.506 e. The van der Waals surface area contributed by atoms with Gasteiger partial charge in [0.05, 0.1) is 11.8 Å². The van der Waals surface area contributed by atoms with Gasteiger partial charge < -0.3 is 20.5 Å². The third kappa shape index (κ3) is 3.71. The van der Waals surface area contributed by atoms with E-state index in [9.17, 15) is 14.7 Å². The minimum Gasteiger partial charge on any atom is -0.506 e. The summed E-state index contributed by atoms with van der Waals surface area (Å²) in [5.74, 6) is -1.60. The van der Waals surface area contributed by atoms with Crippen molar-refractivity contribution >= 4 is 17.5 Å². The summed E-state index contributed by atoms with van der Waals surface area (Å²) in [5.41, 5.74) is 1.08. The Morgan fingerprint density at radius 3 is 2.85 bits per heavy atom. The van der Waals surface area contributed by atoms with Gasteiger partial charge >= 0.3 is 11.8 Å². The van der Waals surface area contributed by atoms with Crippen LogP contribution in [0.5, 0.6) is 5.75 Å². The van der Waals surface area contributed by atoms with Crippen LogP contribution in [0.25, 0.3) is 0 Å². The number of carbonyl (C=O) groups is 2. The van der Waals surface area contributed by atoms with Crippen LogP contribution in [0, 0.1) is 6.92 Å². The van der Waals surface area contributed by atoms with Gasteiger partial charge in [0.1, 0.15) is 5.75 Å². The highest BCUT2D eigenvalue weighted by Crippen LogP contribution is 2.23. The zero-order chi connectivity index (χ0) is 14.5. The number of aryl methyl sites for hydroxylation is 1. The fraction of sp³-hybridized carbons (Fsp3) is 0.429. The van der Waals surface area contributed by atoms with Crippen LogP contribution in [0.2, 0.25) is 0 Å². The summed E-state index contributed by atoms with van der Waals surface area (Å²) >= 11 is 0. The third-order valence-electron chi connectivity index (χ3n) is 3.12. The lowest BCUT2D eigenvalue weighted by Gasteiger charge is -2.11. The van der Waals surface area contributed by atoms with Crippen molar-refractivity contribution in [2.24, 2.45) is 0 Å². The molecule has 1 aliphatic heterocycles. The summed E-state index contributed by atoms with van der Waals surface area (Å²) in [6, 6.07) is 4.80. The van der Waals surface area contributed by atoms with E-state index in [0.717, 1.165) is 18.4 Å². The van der Waals surface area contributed by atoms with Gasteiger partial charge in [0.15, 0.2) is 0 Å². The number of hydrogen-bond acceptors (Lipinski definition) is 4. The fourth-order valence-corrected chi connectivity index (χ4v) is 2.02. The van der Waals surface area contributed by atoms with E-state index in [2.05, 4.69) is 10.6 Å². The molecule has 1 fully saturated rings. The first-order valence-electron chi connectivity index (χ1n) is 6.56. The summed E-state index contributed by atoms with van der Waals surface area (Å²) in [7, 11) is 0. The Morgan fingerprint density at radius 2 is 2.20 bits per heavy atom. The van der Waals surface area contributed by atoms with Crippen molar-refractivity contribution in [1.29, 1.82) is 0 Å². The topological polar surface area (TPSA) is 87.7 Å². The van der Waals surface area contributed by atoms with Crippen LogP contribution in [0.4, 0.5) is 5.69 Å². The maximum atomic E-state index is 11.7. The van der Waals surface area contributed by atoms with Crippen LogP contribution >= 0.6 is 0 Å². The SMILES string of the molecule is Cc1ccc(NC(=O)C(=O)NCC2CCCO2)c(O)c1. The van der Waals surface area contributed by atoms with Crippen LogP contribution in [-0.4, -0.2) is 36.2 Å². The van der Waals surface area contributed by atoms with Gasteiger partial charge in [-0.2, -0.15) is 0 Å². The number of hydrogen-bond donors (Lipinski definition) is 3. The number of aromatic hydroxyl groups is 1. The number of ether oxygens (including phenoxy) is 1. The van der Waals surface area contributed by atoms with Crippen LogP contribution in [-0.2, 0) is 14.3 Å². The van der Waals surface area contributed by atoms with Crippen molar-refractivity contribution in [2.45, 2.75) is 25.9 Å². The molecular formula is C14H18N2O4. The van der Waals surface area contributed by atoms with E-state index in [1.54, 1.807) is 12.1 Å². The number of benzene rings is 1. The van der Waals surface area contributed by atoms with Gasteiger partial charge in [-0.05, 0) is 37.5 Å². The molecule has 1 aromatic rings. The first-order valence-corrected chi connectivity index (χ1v) is 6.56. The molecule has 0 bridgehead atoms. The van der Waals surface area contributed by atoms with Gasteiger partial charge in [-0.3, -0.25) is 9.59 Å². The normalized spacial score (nSPS) is 17.8. The summed E-state index contributed by atoms with van der Waals surface area (Å²) in [5, 5.41) is 14.5.